The van der Waals surface area contributed by atoms with Gasteiger partial charge < -0.3 is 14.5 Å². The number of fused-ring (bicyclic) bond motifs is 1. The summed E-state index contributed by atoms with van der Waals surface area (Å²) in [5.74, 6) is 3.95. The first-order valence-electron chi connectivity index (χ1n) is 8.85. The predicted octanol–water partition coefficient (Wildman–Crippen LogP) is 2.00. The molecule has 2 saturated heterocycles. The molecule has 0 saturated carbocycles. The number of rotatable bonds is 3. The number of piperidine rings is 1. The molecule has 4 heterocycles. The smallest absolute Gasteiger partial charge is 0.228 e. The van der Waals surface area contributed by atoms with Crippen LogP contribution < -0.4 is 14.5 Å². The van der Waals surface area contributed by atoms with Crippen molar-refractivity contribution in [3.63, 3.8) is 0 Å². The van der Waals surface area contributed by atoms with E-state index in [4.69, 9.17) is 4.74 Å². The molecular formula is C18H24N6O. The molecule has 2 aliphatic rings. The Bertz CT molecular complexity index is 747. The van der Waals surface area contributed by atoms with Gasteiger partial charge in [-0.15, -0.1) is 0 Å². The van der Waals surface area contributed by atoms with E-state index in [0.29, 0.717) is 17.8 Å². The highest BCUT2D eigenvalue weighted by Crippen LogP contribution is 2.35. The number of aromatic nitrogens is 4. The summed E-state index contributed by atoms with van der Waals surface area (Å²) < 4.78 is 5.24. The van der Waals surface area contributed by atoms with Gasteiger partial charge >= 0.3 is 0 Å². The summed E-state index contributed by atoms with van der Waals surface area (Å²) in [6, 6.07) is 4.32. The van der Waals surface area contributed by atoms with E-state index < -0.39 is 0 Å². The summed E-state index contributed by atoms with van der Waals surface area (Å²) in [4.78, 5) is 22.7. The van der Waals surface area contributed by atoms with Gasteiger partial charge in [-0.2, -0.15) is 4.98 Å². The van der Waals surface area contributed by atoms with Crippen LogP contribution in [0.4, 0.5) is 11.8 Å². The molecule has 2 aromatic rings. The topological polar surface area (TPSA) is 67.3 Å². The lowest BCUT2D eigenvalue weighted by Gasteiger charge is -2.38. The molecule has 0 aromatic carbocycles. The van der Waals surface area contributed by atoms with Gasteiger partial charge in [0.15, 0.2) is 0 Å². The third-order valence-corrected chi connectivity index (χ3v) is 5.22. The Balaban J connectivity index is 1.58. The third-order valence-electron chi connectivity index (χ3n) is 5.22. The molecule has 0 spiro atoms. The molecule has 7 nitrogen and oxygen atoms in total. The maximum atomic E-state index is 5.24. The lowest BCUT2D eigenvalue weighted by atomic mass is 9.92. The van der Waals surface area contributed by atoms with Crippen molar-refractivity contribution in [2.24, 2.45) is 5.92 Å². The van der Waals surface area contributed by atoms with E-state index in [9.17, 15) is 0 Å². The zero-order valence-corrected chi connectivity index (χ0v) is 15.0. The summed E-state index contributed by atoms with van der Waals surface area (Å²) in [5.41, 5.74) is 1.02. The number of ether oxygens (including phenoxy) is 1. The van der Waals surface area contributed by atoms with Crippen molar-refractivity contribution in [3.05, 3.63) is 29.8 Å². The first-order chi connectivity index (χ1) is 12.1. The van der Waals surface area contributed by atoms with Crippen LogP contribution in [0.1, 0.15) is 24.4 Å². The van der Waals surface area contributed by atoms with E-state index in [0.717, 1.165) is 49.3 Å². The van der Waals surface area contributed by atoms with Crippen molar-refractivity contribution in [1.82, 2.24) is 19.9 Å². The summed E-state index contributed by atoms with van der Waals surface area (Å²) in [5, 5.41) is 0. The monoisotopic (exact) mass is 340 g/mol. The molecule has 2 fully saturated rings. The van der Waals surface area contributed by atoms with E-state index >= 15 is 0 Å². The van der Waals surface area contributed by atoms with Gasteiger partial charge in [0.25, 0.3) is 0 Å². The van der Waals surface area contributed by atoms with Gasteiger partial charge in [0.2, 0.25) is 11.8 Å². The summed E-state index contributed by atoms with van der Waals surface area (Å²) in [7, 11) is 1.64. The largest absolute Gasteiger partial charge is 0.481 e. The van der Waals surface area contributed by atoms with Gasteiger partial charge in [0, 0.05) is 43.7 Å². The minimum Gasteiger partial charge on any atom is -0.481 e. The first-order valence-corrected chi connectivity index (χ1v) is 8.85. The van der Waals surface area contributed by atoms with E-state index in [1.165, 1.54) is 6.42 Å². The van der Waals surface area contributed by atoms with E-state index in [1.807, 2.05) is 13.8 Å². The third kappa shape index (κ3) is 3.10. The average Bonchev–Trinajstić information content (AvgIpc) is 3.04. The molecule has 7 heteroatoms. The molecule has 0 N–H and O–H groups in total. The number of hydrogen-bond acceptors (Lipinski definition) is 7. The molecule has 2 aromatic heterocycles. The zero-order chi connectivity index (χ0) is 17.4. The Kier molecular flexibility index (Phi) is 4.15. The molecule has 0 bridgehead atoms. The second kappa shape index (κ2) is 6.46. The van der Waals surface area contributed by atoms with Crippen molar-refractivity contribution >= 4 is 11.8 Å². The van der Waals surface area contributed by atoms with Crippen molar-refractivity contribution < 1.29 is 4.74 Å². The zero-order valence-electron chi connectivity index (χ0n) is 15.0. The van der Waals surface area contributed by atoms with Gasteiger partial charge in [0.1, 0.15) is 11.6 Å². The minimum absolute atomic E-state index is 0.442. The maximum Gasteiger partial charge on any atom is 0.228 e. The van der Waals surface area contributed by atoms with Crippen molar-refractivity contribution in [1.29, 1.82) is 0 Å². The molecule has 0 aliphatic carbocycles. The second-order valence-corrected chi connectivity index (χ2v) is 6.86. The Labute approximate surface area is 148 Å². The lowest BCUT2D eigenvalue weighted by molar-refractivity contribution is 0.379. The number of anilines is 2. The SMILES string of the molecule is COc1ccnc(N2CCC3CCN(c4cc(C)nc(C)n4)C3C2)n1. The molecule has 4 rings (SSSR count). The quantitative estimate of drug-likeness (QED) is 0.846. The van der Waals surface area contributed by atoms with Crippen LogP contribution in [-0.4, -0.2) is 52.7 Å². The molecule has 132 valence electrons. The van der Waals surface area contributed by atoms with Crippen molar-refractivity contribution in [3.8, 4) is 5.88 Å². The van der Waals surface area contributed by atoms with Crippen LogP contribution >= 0.6 is 0 Å². The number of nitrogens with zero attached hydrogens (tertiary/aromatic N) is 6. The highest BCUT2D eigenvalue weighted by atomic mass is 16.5. The molecule has 0 amide bonds. The Morgan fingerprint density at radius 3 is 2.76 bits per heavy atom. The second-order valence-electron chi connectivity index (χ2n) is 6.86. The van der Waals surface area contributed by atoms with E-state index in [2.05, 4.69) is 35.8 Å². The minimum atomic E-state index is 0.442. The van der Waals surface area contributed by atoms with Gasteiger partial charge in [-0.1, -0.05) is 0 Å². The highest BCUT2D eigenvalue weighted by molar-refractivity contribution is 5.45. The fourth-order valence-electron chi connectivity index (χ4n) is 4.05. The summed E-state index contributed by atoms with van der Waals surface area (Å²) >= 11 is 0. The van der Waals surface area contributed by atoms with Crippen molar-refractivity contribution in [2.75, 3.05) is 36.5 Å². The Morgan fingerprint density at radius 2 is 1.96 bits per heavy atom. The summed E-state index contributed by atoms with van der Waals surface area (Å²) in [6.45, 7) is 6.95. The standard InChI is InChI=1S/C18H24N6O/c1-12-10-16(21-13(2)20-12)24-9-6-14-5-8-23(11-15(14)24)18-19-7-4-17(22-18)25-3/h4,7,10,14-15H,5-6,8-9,11H2,1-3H3. The molecule has 25 heavy (non-hydrogen) atoms. The van der Waals surface area contributed by atoms with Crippen LogP contribution in [0.15, 0.2) is 18.3 Å². The van der Waals surface area contributed by atoms with Gasteiger partial charge in [-0.05, 0) is 32.6 Å². The number of hydrogen-bond donors (Lipinski definition) is 0. The normalized spacial score (nSPS) is 22.8. The van der Waals surface area contributed by atoms with Crippen LogP contribution in [0, 0.1) is 19.8 Å². The van der Waals surface area contributed by atoms with E-state index in [-0.39, 0.29) is 0 Å². The van der Waals surface area contributed by atoms with Crippen LogP contribution in [0.2, 0.25) is 0 Å². The van der Waals surface area contributed by atoms with Crippen molar-refractivity contribution in [2.45, 2.75) is 32.7 Å². The van der Waals surface area contributed by atoms with Gasteiger partial charge in [-0.3, -0.25) is 0 Å². The van der Waals surface area contributed by atoms with E-state index in [1.54, 1.807) is 19.4 Å². The lowest BCUT2D eigenvalue weighted by Crippen LogP contribution is -2.49. The maximum absolute atomic E-state index is 5.24. The molecule has 2 unspecified atom stereocenters. The molecule has 2 aliphatic heterocycles. The number of methoxy groups -OCH3 is 1. The molecular weight excluding hydrogens is 316 g/mol. The first kappa shape index (κ1) is 16.1. The fourth-order valence-corrected chi connectivity index (χ4v) is 4.05. The average molecular weight is 340 g/mol. The highest BCUT2D eigenvalue weighted by Gasteiger charge is 2.39. The predicted molar refractivity (Wildman–Crippen MR) is 96.2 cm³/mol. The van der Waals surface area contributed by atoms with Crippen LogP contribution in [-0.2, 0) is 0 Å². The Morgan fingerprint density at radius 1 is 1.12 bits per heavy atom. The van der Waals surface area contributed by atoms with Crippen LogP contribution in [0.25, 0.3) is 0 Å². The number of aryl methyl sites for hydroxylation is 2. The molecule has 0 radical (unpaired) electrons. The van der Waals surface area contributed by atoms with Gasteiger partial charge in [0.05, 0.1) is 13.2 Å². The molecule has 2 atom stereocenters. The Hall–Kier alpha value is -2.44. The van der Waals surface area contributed by atoms with Crippen LogP contribution in [0.3, 0.4) is 0 Å². The fraction of sp³-hybridized carbons (Fsp3) is 0.556. The van der Waals surface area contributed by atoms with Gasteiger partial charge in [-0.25, -0.2) is 15.0 Å². The summed E-state index contributed by atoms with van der Waals surface area (Å²) in [6.07, 6.45) is 4.14. The van der Waals surface area contributed by atoms with Crippen LogP contribution in [0.5, 0.6) is 5.88 Å².